The second-order valence-electron chi connectivity index (χ2n) is 4.22. The maximum Gasteiger partial charge on any atom is 0.418 e. The van der Waals surface area contributed by atoms with Gasteiger partial charge < -0.3 is 11.1 Å². The molecule has 1 rings (SSSR count). The third-order valence-corrected chi connectivity index (χ3v) is 2.87. The summed E-state index contributed by atoms with van der Waals surface area (Å²) in [6, 6.07) is 4.93. The van der Waals surface area contributed by atoms with Crippen LogP contribution >= 0.6 is 0 Å². The molecule has 1 unspecified atom stereocenters. The molecule has 0 aromatic heterocycles. The number of alkyl halides is 3. The fraction of sp³-hybridized carbons (Fsp3) is 0.462. The van der Waals surface area contributed by atoms with Gasteiger partial charge in [0, 0.05) is 5.92 Å². The van der Waals surface area contributed by atoms with Crippen LogP contribution in [0.5, 0.6) is 0 Å². The van der Waals surface area contributed by atoms with Crippen molar-refractivity contribution in [1.29, 1.82) is 0 Å². The quantitative estimate of drug-likeness (QED) is 0.867. The first-order chi connectivity index (χ1) is 8.90. The van der Waals surface area contributed by atoms with E-state index in [0.717, 1.165) is 6.07 Å². The molecular weight excluding hydrogens is 257 g/mol. The predicted octanol–water partition coefficient (Wildman–Crippen LogP) is 3.02. The number of anilines is 1. The Hall–Kier alpha value is -1.56. The van der Waals surface area contributed by atoms with E-state index >= 15 is 0 Å². The van der Waals surface area contributed by atoms with Crippen molar-refractivity contribution >= 4 is 11.6 Å². The van der Waals surface area contributed by atoms with Crippen LogP contribution in [0.2, 0.25) is 0 Å². The highest BCUT2D eigenvalue weighted by atomic mass is 19.4. The van der Waals surface area contributed by atoms with Crippen molar-refractivity contribution in [2.24, 2.45) is 11.7 Å². The maximum atomic E-state index is 12.8. The summed E-state index contributed by atoms with van der Waals surface area (Å²) in [6.07, 6.45) is -3.49. The predicted molar refractivity (Wildman–Crippen MR) is 67.5 cm³/mol. The second kappa shape index (κ2) is 6.56. The Morgan fingerprint density at radius 1 is 1.37 bits per heavy atom. The van der Waals surface area contributed by atoms with Crippen LogP contribution in [0.25, 0.3) is 0 Å². The minimum atomic E-state index is -4.49. The van der Waals surface area contributed by atoms with E-state index in [1.165, 1.54) is 18.2 Å². The molecule has 0 aliphatic carbocycles. The zero-order valence-electron chi connectivity index (χ0n) is 10.6. The van der Waals surface area contributed by atoms with Gasteiger partial charge in [0.2, 0.25) is 5.91 Å². The smallest absolute Gasteiger partial charge is 0.330 e. The highest BCUT2D eigenvalue weighted by Crippen LogP contribution is 2.34. The molecule has 0 saturated heterocycles. The monoisotopic (exact) mass is 274 g/mol. The first-order valence-electron chi connectivity index (χ1n) is 6.07. The lowest BCUT2D eigenvalue weighted by Crippen LogP contribution is -2.25. The van der Waals surface area contributed by atoms with Crippen LogP contribution in [0.15, 0.2) is 24.3 Å². The third kappa shape index (κ3) is 4.24. The Morgan fingerprint density at radius 2 is 2.00 bits per heavy atom. The molecule has 3 nitrogen and oxygen atoms in total. The van der Waals surface area contributed by atoms with Crippen molar-refractivity contribution in [3.63, 3.8) is 0 Å². The lowest BCUT2D eigenvalue weighted by molar-refractivity contribution is -0.137. The molecule has 0 saturated carbocycles. The van der Waals surface area contributed by atoms with E-state index in [-0.39, 0.29) is 11.6 Å². The summed E-state index contributed by atoms with van der Waals surface area (Å²) < 4.78 is 38.3. The number of hydrogen-bond acceptors (Lipinski definition) is 2. The summed E-state index contributed by atoms with van der Waals surface area (Å²) in [7, 11) is 0. The number of carbonyl (C=O) groups is 1. The topological polar surface area (TPSA) is 55.1 Å². The van der Waals surface area contributed by atoms with Crippen molar-refractivity contribution < 1.29 is 18.0 Å². The van der Waals surface area contributed by atoms with E-state index in [4.69, 9.17) is 5.73 Å². The Kier molecular flexibility index (Phi) is 5.35. The Labute approximate surface area is 110 Å². The van der Waals surface area contributed by atoms with Gasteiger partial charge in [-0.2, -0.15) is 13.2 Å². The largest absolute Gasteiger partial charge is 0.418 e. The van der Waals surface area contributed by atoms with Crippen molar-refractivity contribution in [2.45, 2.75) is 25.9 Å². The highest BCUT2D eigenvalue weighted by Gasteiger charge is 2.33. The van der Waals surface area contributed by atoms with Crippen molar-refractivity contribution in [2.75, 3.05) is 11.9 Å². The zero-order chi connectivity index (χ0) is 14.5. The van der Waals surface area contributed by atoms with Crippen LogP contribution < -0.4 is 11.1 Å². The molecular formula is C13H17F3N2O. The molecule has 19 heavy (non-hydrogen) atoms. The number of carbonyl (C=O) groups excluding carboxylic acids is 1. The lowest BCUT2D eigenvalue weighted by atomic mass is 10.0. The van der Waals surface area contributed by atoms with Crippen molar-refractivity contribution in [3.8, 4) is 0 Å². The highest BCUT2D eigenvalue weighted by molar-refractivity contribution is 5.93. The van der Waals surface area contributed by atoms with Crippen LogP contribution in [-0.2, 0) is 11.0 Å². The molecule has 0 bridgehead atoms. The van der Waals surface area contributed by atoms with Gasteiger partial charge >= 0.3 is 6.18 Å². The van der Waals surface area contributed by atoms with Crippen LogP contribution in [0, 0.1) is 5.92 Å². The van der Waals surface area contributed by atoms with Crippen LogP contribution in [0.1, 0.15) is 25.3 Å². The lowest BCUT2D eigenvalue weighted by Gasteiger charge is -2.17. The number of benzene rings is 1. The molecule has 1 aromatic carbocycles. The fourth-order valence-electron chi connectivity index (χ4n) is 1.80. The minimum absolute atomic E-state index is 0.213. The number of nitrogens with one attached hydrogen (secondary N) is 1. The SMILES string of the molecule is CCC(CCN)C(=O)Nc1ccccc1C(F)(F)F. The van der Waals surface area contributed by atoms with Crippen LogP contribution in [-0.4, -0.2) is 12.5 Å². The average molecular weight is 274 g/mol. The standard InChI is InChI=1S/C13H17F3N2O/c1-2-9(7-8-17)12(19)18-11-6-4-3-5-10(11)13(14,15)16/h3-6,9H,2,7-8,17H2,1H3,(H,18,19). The third-order valence-electron chi connectivity index (χ3n) is 2.87. The summed E-state index contributed by atoms with van der Waals surface area (Å²) in [6.45, 7) is 2.13. The molecule has 6 heteroatoms. The van der Waals surface area contributed by atoms with E-state index < -0.39 is 17.6 Å². The van der Waals surface area contributed by atoms with Gasteiger partial charge in [-0.3, -0.25) is 4.79 Å². The fourth-order valence-corrected chi connectivity index (χ4v) is 1.80. The number of para-hydroxylation sites is 1. The molecule has 1 amide bonds. The normalized spacial score (nSPS) is 13.1. The zero-order valence-corrected chi connectivity index (χ0v) is 10.6. The molecule has 3 N–H and O–H groups in total. The molecule has 0 aliphatic rings. The summed E-state index contributed by atoms with van der Waals surface area (Å²) in [5.74, 6) is -0.795. The summed E-state index contributed by atoms with van der Waals surface area (Å²) in [5, 5.41) is 2.34. The van der Waals surface area contributed by atoms with Gasteiger partial charge in [0.05, 0.1) is 11.3 Å². The van der Waals surface area contributed by atoms with E-state index in [2.05, 4.69) is 5.32 Å². The maximum absolute atomic E-state index is 12.8. The molecule has 0 aliphatic heterocycles. The summed E-state index contributed by atoms with van der Waals surface area (Å²) in [4.78, 5) is 11.9. The molecule has 0 radical (unpaired) electrons. The van der Waals surface area contributed by atoms with Crippen LogP contribution in [0.3, 0.4) is 0 Å². The molecule has 1 atom stereocenters. The Morgan fingerprint density at radius 3 is 2.53 bits per heavy atom. The number of amides is 1. The molecule has 0 fully saturated rings. The first kappa shape index (κ1) is 15.5. The van der Waals surface area contributed by atoms with E-state index in [9.17, 15) is 18.0 Å². The Balaban J connectivity index is 2.91. The van der Waals surface area contributed by atoms with Crippen LogP contribution in [0.4, 0.5) is 18.9 Å². The number of hydrogen-bond donors (Lipinski definition) is 2. The first-order valence-corrected chi connectivity index (χ1v) is 6.07. The minimum Gasteiger partial charge on any atom is -0.330 e. The average Bonchev–Trinajstić information content (AvgIpc) is 2.35. The van der Waals surface area contributed by atoms with E-state index in [1.54, 1.807) is 6.92 Å². The van der Waals surface area contributed by atoms with Crippen molar-refractivity contribution in [3.05, 3.63) is 29.8 Å². The van der Waals surface area contributed by atoms with E-state index in [1.807, 2.05) is 0 Å². The molecule has 0 heterocycles. The van der Waals surface area contributed by atoms with Gasteiger partial charge in [-0.05, 0) is 31.5 Å². The molecule has 1 aromatic rings. The number of rotatable bonds is 5. The van der Waals surface area contributed by atoms with Crippen molar-refractivity contribution in [1.82, 2.24) is 0 Å². The Bertz CT molecular complexity index is 432. The molecule has 106 valence electrons. The second-order valence-corrected chi connectivity index (χ2v) is 4.22. The summed E-state index contributed by atoms with van der Waals surface area (Å²) >= 11 is 0. The molecule has 0 spiro atoms. The van der Waals surface area contributed by atoms with Gasteiger partial charge in [-0.15, -0.1) is 0 Å². The van der Waals surface area contributed by atoms with Gasteiger partial charge in [0.1, 0.15) is 0 Å². The van der Waals surface area contributed by atoms with Gasteiger partial charge in [-0.1, -0.05) is 19.1 Å². The van der Waals surface area contributed by atoms with E-state index in [0.29, 0.717) is 19.4 Å². The van der Waals surface area contributed by atoms with Gasteiger partial charge in [0.15, 0.2) is 0 Å². The number of halogens is 3. The van der Waals surface area contributed by atoms with Gasteiger partial charge in [0.25, 0.3) is 0 Å². The number of nitrogens with two attached hydrogens (primary N) is 1. The summed E-state index contributed by atoms with van der Waals surface area (Å²) in [5.41, 5.74) is 4.32. The van der Waals surface area contributed by atoms with Gasteiger partial charge in [-0.25, -0.2) is 0 Å².